The van der Waals surface area contributed by atoms with Crippen molar-refractivity contribution in [3.05, 3.63) is 66.1 Å². The lowest BCUT2D eigenvalue weighted by atomic mass is 10.1. The molecule has 2 aromatic carbocycles. The van der Waals surface area contributed by atoms with Crippen LogP contribution in [0.1, 0.15) is 26.0 Å². The van der Waals surface area contributed by atoms with Gasteiger partial charge in [0.25, 0.3) is 0 Å². The van der Waals surface area contributed by atoms with Gasteiger partial charge in [-0.15, -0.1) is 0 Å². The molecule has 1 saturated heterocycles. The van der Waals surface area contributed by atoms with Crippen molar-refractivity contribution >= 4 is 40.6 Å². The summed E-state index contributed by atoms with van der Waals surface area (Å²) in [6, 6.07) is 14.9. The lowest BCUT2D eigenvalue weighted by molar-refractivity contribution is -0.122. The third-order valence-electron chi connectivity index (χ3n) is 5.97. The van der Waals surface area contributed by atoms with Crippen LogP contribution in [0.3, 0.4) is 0 Å². The van der Waals surface area contributed by atoms with E-state index in [-0.39, 0.29) is 30.6 Å². The molecule has 35 heavy (non-hydrogen) atoms. The van der Waals surface area contributed by atoms with Crippen molar-refractivity contribution in [3.63, 3.8) is 0 Å². The second-order valence-corrected chi connectivity index (χ2v) is 8.44. The van der Waals surface area contributed by atoms with Crippen LogP contribution in [0.25, 0.3) is 0 Å². The standard InChI is InChI=1S/C26H29FN6O2/c1-4-32(5-2)23-14-17(3)28-26(31-23)30-21-10-8-20(9-11-21)29-25(35)18-15-24(34)33(16-18)22-12-6-19(27)7-13-22/h6-14,18H,4-5,15-16H2,1-3H3,(H,29,35)(H,28,30,31)/t18-/m0/s1. The number of carbonyl (C=O) groups excluding carboxylic acids is 2. The Bertz CT molecular complexity index is 1200. The first-order chi connectivity index (χ1) is 16.9. The number of nitrogens with zero attached hydrogens (tertiary/aromatic N) is 4. The van der Waals surface area contributed by atoms with E-state index in [9.17, 15) is 14.0 Å². The van der Waals surface area contributed by atoms with Crippen molar-refractivity contribution in [2.75, 3.05) is 40.1 Å². The van der Waals surface area contributed by atoms with Crippen LogP contribution in [0.2, 0.25) is 0 Å². The van der Waals surface area contributed by atoms with Crippen molar-refractivity contribution in [1.82, 2.24) is 9.97 Å². The van der Waals surface area contributed by atoms with Gasteiger partial charge in [0.15, 0.2) is 0 Å². The number of halogens is 1. The number of amides is 2. The molecule has 4 rings (SSSR count). The smallest absolute Gasteiger partial charge is 0.229 e. The molecule has 0 spiro atoms. The summed E-state index contributed by atoms with van der Waals surface area (Å²) in [6.45, 7) is 8.08. The molecule has 0 radical (unpaired) electrons. The van der Waals surface area contributed by atoms with Gasteiger partial charge in [-0.2, -0.15) is 4.98 Å². The molecule has 2 heterocycles. The van der Waals surface area contributed by atoms with Crippen molar-refractivity contribution in [2.45, 2.75) is 27.2 Å². The molecule has 8 nitrogen and oxygen atoms in total. The van der Waals surface area contributed by atoms with Crippen LogP contribution in [-0.4, -0.2) is 41.4 Å². The Morgan fingerprint density at radius 2 is 1.71 bits per heavy atom. The Hall–Kier alpha value is -4.01. The zero-order chi connectivity index (χ0) is 24.9. The van der Waals surface area contributed by atoms with Crippen molar-refractivity contribution < 1.29 is 14.0 Å². The summed E-state index contributed by atoms with van der Waals surface area (Å²) in [5, 5.41) is 6.10. The Labute approximate surface area is 204 Å². The van der Waals surface area contributed by atoms with Crippen LogP contribution in [0.15, 0.2) is 54.6 Å². The van der Waals surface area contributed by atoms with Crippen LogP contribution in [0.4, 0.5) is 33.2 Å². The number of benzene rings is 2. The Balaban J connectivity index is 1.38. The second-order valence-electron chi connectivity index (χ2n) is 8.44. The first-order valence-electron chi connectivity index (χ1n) is 11.7. The van der Waals surface area contributed by atoms with E-state index in [0.29, 0.717) is 17.3 Å². The number of nitrogens with one attached hydrogen (secondary N) is 2. The maximum absolute atomic E-state index is 13.2. The molecule has 0 saturated carbocycles. The summed E-state index contributed by atoms with van der Waals surface area (Å²) >= 11 is 0. The van der Waals surface area contributed by atoms with Crippen molar-refractivity contribution in [1.29, 1.82) is 0 Å². The summed E-state index contributed by atoms with van der Waals surface area (Å²) in [5.74, 6) is 0.146. The largest absolute Gasteiger partial charge is 0.357 e. The average molecular weight is 477 g/mol. The third kappa shape index (κ3) is 5.74. The minimum Gasteiger partial charge on any atom is -0.357 e. The lowest BCUT2D eigenvalue weighted by Crippen LogP contribution is -2.28. The van der Waals surface area contributed by atoms with Gasteiger partial charge >= 0.3 is 0 Å². The quantitative estimate of drug-likeness (QED) is 0.497. The number of anilines is 5. The van der Waals surface area contributed by atoms with Gasteiger partial charge in [-0.05, 0) is 69.3 Å². The molecule has 2 amide bonds. The van der Waals surface area contributed by atoms with Gasteiger partial charge < -0.3 is 20.4 Å². The zero-order valence-electron chi connectivity index (χ0n) is 20.1. The van der Waals surface area contributed by atoms with Gasteiger partial charge in [-0.3, -0.25) is 9.59 Å². The molecule has 1 aliphatic heterocycles. The molecule has 1 fully saturated rings. The highest BCUT2D eigenvalue weighted by Gasteiger charge is 2.35. The summed E-state index contributed by atoms with van der Waals surface area (Å²) in [6.07, 6.45) is 0.114. The fraction of sp³-hybridized carbons (Fsp3) is 0.308. The van der Waals surface area contributed by atoms with E-state index in [2.05, 4.69) is 39.3 Å². The fourth-order valence-electron chi connectivity index (χ4n) is 4.08. The van der Waals surface area contributed by atoms with E-state index >= 15 is 0 Å². The van der Waals surface area contributed by atoms with Crippen LogP contribution < -0.4 is 20.4 Å². The monoisotopic (exact) mass is 476 g/mol. The molecule has 9 heteroatoms. The van der Waals surface area contributed by atoms with E-state index in [1.807, 2.05) is 25.1 Å². The van der Waals surface area contributed by atoms with Crippen LogP contribution in [0, 0.1) is 18.7 Å². The van der Waals surface area contributed by atoms with Gasteiger partial charge in [0, 0.05) is 54.9 Å². The zero-order valence-corrected chi connectivity index (χ0v) is 20.1. The molecular formula is C26H29FN6O2. The predicted octanol–water partition coefficient (Wildman–Crippen LogP) is 4.51. The van der Waals surface area contributed by atoms with E-state index in [4.69, 9.17) is 0 Å². The van der Waals surface area contributed by atoms with E-state index in [1.54, 1.807) is 24.3 Å². The first-order valence-corrected chi connectivity index (χ1v) is 11.7. The van der Waals surface area contributed by atoms with E-state index in [1.165, 1.54) is 17.0 Å². The molecule has 1 atom stereocenters. The minimum absolute atomic E-state index is 0.114. The molecule has 0 aliphatic carbocycles. The summed E-state index contributed by atoms with van der Waals surface area (Å²) in [5.41, 5.74) is 2.87. The first kappa shape index (κ1) is 24.1. The molecule has 1 aliphatic rings. The maximum atomic E-state index is 13.2. The summed E-state index contributed by atoms with van der Waals surface area (Å²) < 4.78 is 13.2. The average Bonchev–Trinajstić information content (AvgIpc) is 3.23. The number of aryl methyl sites for hydroxylation is 1. The van der Waals surface area contributed by atoms with Crippen LogP contribution in [-0.2, 0) is 9.59 Å². The molecule has 3 aromatic rings. The van der Waals surface area contributed by atoms with Gasteiger partial charge in [-0.25, -0.2) is 9.37 Å². The Morgan fingerprint density at radius 3 is 2.37 bits per heavy atom. The normalized spacial score (nSPS) is 15.3. The number of hydrogen-bond donors (Lipinski definition) is 2. The molecule has 182 valence electrons. The highest BCUT2D eigenvalue weighted by molar-refractivity contribution is 6.03. The van der Waals surface area contributed by atoms with Gasteiger partial charge in [0.1, 0.15) is 11.6 Å². The molecule has 1 aromatic heterocycles. The maximum Gasteiger partial charge on any atom is 0.229 e. The third-order valence-corrected chi connectivity index (χ3v) is 5.97. The Morgan fingerprint density at radius 1 is 1.06 bits per heavy atom. The molecular weight excluding hydrogens is 447 g/mol. The molecule has 0 bridgehead atoms. The topological polar surface area (TPSA) is 90.5 Å². The van der Waals surface area contributed by atoms with E-state index in [0.717, 1.165) is 30.3 Å². The minimum atomic E-state index is -0.482. The van der Waals surface area contributed by atoms with Gasteiger partial charge in [0.2, 0.25) is 17.8 Å². The SMILES string of the molecule is CCN(CC)c1cc(C)nc(Nc2ccc(NC(=O)[C@H]3CC(=O)N(c4ccc(F)cc4)C3)cc2)n1. The van der Waals surface area contributed by atoms with Crippen molar-refractivity contribution in [2.24, 2.45) is 5.92 Å². The predicted molar refractivity (Wildman–Crippen MR) is 136 cm³/mol. The highest BCUT2D eigenvalue weighted by Crippen LogP contribution is 2.27. The highest BCUT2D eigenvalue weighted by atomic mass is 19.1. The van der Waals surface area contributed by atoms with Crippen LogP contribution >= 0.6 is 0 Å². The number of aromatic nitrogens is 2. The number of hydrogen-bond acceptors (Lipinski definition) is 6. The van der Waals surface area contributed by atoms with Crippen LogP contribution in [0.5, 0.6) is 0 Å². The number of rotatable bonds is 8. The van der Waals surface area contributed by atoms with Crippen molar-refractivity contribution in [3.8, 4) is 0 Å². The molecule has 2 N–H and O–H groups in total. The fourth-order valence-corrected chi connectivity index (χ4v) is 4.08. The Kier molecular flexibility index (Phi) is 7.24. The van der Waals surface area contributed by atoms with Gasteiger partial charge in [-0.1, -0.05) is 0 Å². The summed E-state index contributed by atoms with van der Waals surface area (Å²) in [7, 11) is 0. The molecule has 0 unspecified atom stereocenters. The summed E-state index contributed by atoms with van der Waals surface area (Å²) in [4.78, 5) is 37.9. The number of carbonyl (C=O) groups is 2. The van der Waals surface area contributed by atoms with E-state index < -0.39 is 5.92 Å². The second kappa shape index (κ2) is 10.5. The lowest BCUT2D eigenvalue weighted by Gasteiger charge is -2.20. The van der Waals surface area contributed by atoms with Gasteiger partial charge in [0.05, 0.1) is 5.92 Å².